The fourth-order valence-corrected chi connectivity index (χ4v) is 5.59. The van der Waals surface area contributed by atoms with Crippen LogP contribution in [-0.2, 0) is 32.1 Å². The van der Waals surface area contributed by atoms with E-state index >= 15 is 0 Å². The Morgan fingerprint density at radius 2 is 0.854 bits per heavy atom. The standard InChI is InChI=1S/C39H42N2/c1-3-4-5-36-27-34(11-17-37(36)26-32-14-20-39(41)21-15-32)24-33-10-16-35(28(2)22-33)25-31-8-6-29(7-9-31)23-30-12-18-38(40)19-13-30/h6-22,27H,3-5,23-26,40-41H2,1-2H3. The highest BCUT2D eigenvalue weighted by Crippen LogP contribution is 2.23. The van der Waals surface area contributed by atoms with Crippen LogP contribution < -0.4 is 11.5 Å². The maximum absolute atomic E-state index is 5.90. The van der Waals surface area contributed by atoms with Crippen LogP contribution in [0.5, 0.6) is 0 Å². The lowest BCUT2D eigenvalue weighted by Crippen LogP contribution is -2.00. The summed E-state index contributed by atoms with van der Waals surface area (Å²) in [6.07, 6.45) is 7.35. The zero-order chi connectivity index (χ0) is 28.6. The van der Waals surface area contributed by atoms with Gasteiger partial charge in [-0.3, -0.25) is 0 Å². The van der Waals surface area contributed by atoms with E-state index in [2.05, 4.69) is 98.8 Å². The summed E-state index contributed by atoms with van der Waals surface area (Å²) < 4.78 is 0. The lowest BCUT2D eigenvalue weighted by Gasteiger charge is -2.14. The number of unbranched alkanes of at least 4 members (excludes halogenated alkanes) is 1. The van der Waals surface area contributed by atoms with Gasteiger partial charge >= 0.3 is 0 Å². The number of benzene rings is 5. The Balaban J connectivity index is 1.24. The van der Waals surface area contributed by atoms with Gasteiger partial charge in [-0.1, -0.05) is 98.3 Å². The van der Waals surface area contributed by atoms with Crippen LogP contribution in [0.3, 0.4) is 0 Å². The molecule has 0 heterocycles. The van der Waals surface area contributed by atoms with Crippen molar-refractivity contribution >= 4 is 11.4 Å². The highest BCUT2D eigenvalue weighted by molar-refractivity contribution is 5.44. The summed E-state index contributed by atoms with van der Waals surface area (Å²) in [6, 6.07) is 39.6. The van der Waals surface area contributed by atoms with E-state index in [9.17, 15) is 0 Å². The predicted molar refractivity (Wildman–Crippen MR) is 176 cm³/mol. The molecule has 0 spiro atoms. The Morgan fingerprint density at radius 3 is 1.39 bits per heavy atom. The Kier molecular flexibility index (Phi) is 9.21. The van der Waals surface area contributed by atoms with Gasteiger partial charge in [0.05, 0.1) is 0 Å². The molecule has 5 aromatic rings. The smallest absolute Gasteiger partial charge is 0.0314 e. The third kappa shape index (κ3) is 7.89. The molecule has 2 heteroatoms. The summed E-state index contributed by atoms with van der Waals surface area (Å²) in [7, 11) is 0. The molecule has 0 unspecified atom stereocenters. The van der Waals surface area contributed by atoms with Crippen molar-refractivity contribution in [2.75, 3.05) is 11.5 Å². The molecule has 0 atom stereocenters. The first-order valence-electron chi connectivity index (χ1n) is 14.9. The van der Waals surface area contributed by atoms with Crippen LogP contribution in [0.4, 0.5) is 11.4 Å². The van der Waals surface area contributed by atoms with E-state index < -0.39 is 0 Å². The molecule has 5 aromatic carbocycles. The number of anilines is 2. The van der Waals surface area contributed by atoms with Crippen molar-refractivity contribution in [1.29, 1.82) is 0 Å². The first-order valence-corrected chi connectivity index (χ1v) is 14.9. The highest BCUT2D eigenvalue weighted by Gasteiger charge is 2.08. The minimum Gasteiger partial charge on any atom is -0.399 e. The van der Waals surface area contributed by atoms with Gasteiger partial charge in [0.2, 0.25) is 0 Å². The van der Waals surface area contributed by atoms with Crippen molar-refractivity contribution < 1.29 is 0 Å². The Bertz CT molecular complexity index is 1560. The Hall–Kier alpha value is -4.30. The molecule has 0 aliphatic rings. The van der Waals surface area contributed by atoms with E-state index in [-0.39, 0.29) is 0 Å². The summed E-state index contributed by atoms with van der Waals surface area (Å²) in [6.45, 7) is 4.51. The monoisotopic (exact) mass is 538 g/mol. The zero-order valence-electron chi connectivity index (χ0n) is 24.5. The van der Waals surface area contributed by atoms with Gasteiger partial charge in [-0.15, -0.1) is 0 Å². The average molecular weight is 539 g/mol. The number of rotatable bonds is 11. The van der Waals surface area contributed by atoms with Gasteiger partial charge in [0.25, 0.3) is 0 Å². The van der Waals surface area contributed by atoms with E-state index in [1.165, 1.54) is 68.5 Å². The third-order valence-electron chi connectivity index (χ3n) is 8.07. The van der Waals surface area contributed by atoms with Gasteiger partial charge in [-0.2, -0.15) is 0 Å². The number of hydrogen-bond acceptors (Lipinski definition) is 2. The Labute approximate surface area is 246 Å². The number of nitrogens with two attached hydrogens (primary N) is 2. The molecular formula is C39H42N2. The molecule has 5 rings (SSSR count). The van der Waals surface area contributed by atoms with E-state index in [1.807, 2.05) is 24.3 Å². The second-order valence-electron chi connectivity index (χ2n) is 11.5. The van der Waals surface area contributed by atoms with E-state index in [4.69, 9.17) is 11.5 Å². The second kappa shape index (κ2) is 13.4. The van der Waals surface area contributed by atoms with Crippen molar-refractivity contribution in [1.82, 2.24) is 0 Å². The molecule has 41 heavy (non-hydrogen) atoms. The summed E-state index contributed by atoms with van der Waals surface area (Å²) in [5.41, 5.74) is 27.0. The molecule has 2 nitrogen and oxygen atoms in total. The topological polar surface area (TPSA) is 52.0 Å². The molecule has 4 N–H and O–H groups in total. The van der Waals surface area contributed by atoms with Gasteiger partial charge in [0, 0.05) is 11.4 Å². The van der Waals surface area contributed by atoms with Crippen LogP contribution in [-0.4, -0.2) is 0 Å². The van der Waals surface area contributed by atoms with Crippen LogP contribution >= 0.6 is 0 Å². The molecule has 0 saturated heterocycles. The lowest BCUT2D eigenvalue weighted by molar-refractivity contribution is 0.787. The minimum atomic E-state index is 0.811. The number of aryl methyl sites for hydroxylation is 2. The van der Waals surface area contributed by atoms with E-state index in [0.717, 1.165) is 43.5 Å². The van der Waals surface area contributed by atoms with Crippen molar-refractivity contribution in [3.63, 3.8) is 0 Å². The van der Waals surface area contributed by atoms with Gasteiger partial charge < -0.3 is 11.5 Å². The summed E-state index contributed by atoms with van der Waals surface area (Å²) in [5.74, 6) is 0. The van der Waals surface area contributed by atoms with Crippen molar-refractivity contribution in [2.24, 2.45) is 0 Å². The molecule has 0 aliphatic heterocycles. The van der Waals surface area contributed by atoms with Gasteiger partial charge in [-0.25, -0.2) is 0 Å². The SMILES string of the molecule is CCCCc1cc(Cc2ccc(Cc3ccc(Cc4ccc(N)cc4)cc3)c(C)c2)ccc1Cc1ccc(N)cc1. The number of nitrogen functional groups attached to an aromatic ring is 2. The molecule has 0 fully saturated rings. The van der Waals surface area contributed by atoms with Gasteiger partial charge in [0.15, 0.2) is 0 Å². The first kappa shape index (κ1) is 28.2. The quantitative estimate of drug-likeness (QED) is 0.165. The molecular weight excluding hydrogens is 496 g/mol. The first-order chi connectivity index (χ1) is 19.9. The van der Waals surface area contributed by atoms with Crippen LogP contribution in [0.25, 0.3) is 0 Å². The molecule has 0 amide bonds. The summed E-state index contributed by atoms with van der Waals surface area (Å²) in [5, 5.41) is 0. The molecule has 0 aromatic heterocycles. The maximum atomic E-state index is 5.90. The zero-order valence-corrected chi connectivity index (χ0v) is 24.5. The average Bonchev–Trinajstić information content (AvgIpc) is 2.98. The molecule has 0 aliphatic carbocycles. The summed E-state index contributed by atoms with van der Waals surface area (Å²) in [4.78, 5) is 0. The van der Waals surface area contributed by atoms with Crippen molar-refractivity contribution in [3.05, 3.63) is 165 Å². The fraction of sp³-hybridized carbons (Fsp3) is 0.231. The van der Waals surface area contributed by atoms with Crippen molar-refractivity contribution in [2.45, 2.75) is 58.8 Å². The van der Waals surface area contributed by atoms with Gasteiger partial charge in [-0.05, 0) is 125 Å². The van der Waals surface area contributed by atoms with E-state index in [0.29, 0.717) is 0 Å². The second-order valence-corrected chi connectivity index (χ2v) is 11.5. The minimum absolute atomic E-state index is 0.811. The van der Waals surface area contributed by atoms with Gasteiger partial charge in [0.1, 0.15) is 0 Å². The third-order valence-corrected chi connectivity index (χ3v) is 8.07. The largest absolute Gasteiger partial charge is 0.399 e. The van der Waals surface area contributed by atoms with Crippen LogP contribution in [0, 0.1) is 6.92 Å². The number of hydrogen-bond donors (Lipinski definition) is 2. The summed E-state index contributed by atoms with van der Waals surface area (Å²) >= 11 is 0. The van der Waals surface area contributed by atoms with Crippen LogP contribution in [0.2, 0.25) is 0 Å². The molecule has 208 valence electrons. The maximum Gasteiger partial charge on any atom is 0.0314 e. The molecule has 0 bridgehead atoms. The van der Waals surface area contributed by atoms with E-state index in [1.54, 1.807) is 0 Å². The van der Waals surface area contributed by atoms with Crippen LogP contribution in [0.1, 0.15) is 75.4 Å². The fourth-order valence-electron chi connectivity index (χ4n) is 5.59. The lowest BCUT2D eigenvalue weighted by atomic mass is 9.91. The highest BCUT2D eigenvalue weighted by atomic mass is 14.5. The predicted octanol–water partition coefficient (Wildman–Crippen LogP) is 8.87. The van der Waals surface area contributed by atoms with Crippen molar-refractivity contribution in [3.8, 4) is 0 Å². The van der Waals surface area contributed by atoms with Crippen LogP contribution in [0.15, 0.2) is 109 Å². The molecule has 0 radical (unpaired) electrons. The molecule has 0 saturated carbocycles. The Morgan fingerprint density at radius 1 is 0.439 bits per heavy atom. The normalized spacial score (nSPS) is 11.1.